The molecule has 9 heteroatoms. The van der Waals surface area contributed by atoms with E-state index < -0.39 is 18.4 Å². The van der Waals surface area contributed by atoms with Crippen molar-refractivity contribution in [1.82, 2.24) is 4.98 Å². The Labute approximate surface area is 194 Å². The van der Waals surface area contributed by atoms with Crippen LogP contribution in [0.25, 0.3) is 10.2 Å². The van der Waals surface area contributed by atoms with E-state index in [-0.39, 0.29) is 5.91 Å². The number of carbonyl (C=O) groups excluding carboxylic acids is 2. The van der Waals surface area contributed by atoms with E-state index in [9.17, 15) is 14.4 Å². The molecule has 0 unspecified atom stereocenters. The largest absolute Gasteiger partial charge is 0.480 e. The van der Waals surface area contributed by atoms with Gasteiger partial charge in [-0.3, -0.25) is 19.3 Å². The molecule has 1 aromatic heterocycles. The molecule has 5 N–H and O–H groups in total. The minimum atomic E-state index is -1.07. The van der Waals surface area contributed by atoms with Crippen LogP contribution in [0.15, 0.2) is 78.9 Å². The summed E-state index contributed by atoms with van der Waals surface area (Å²) in [6.07, 6.45) is 0. The van der Waals surface area contributed by atoms with Crippen molar-refractivity contribution in [2.45, 2.75) is 6.54 Å². The van der Waals surface area contributed by atoms with Gasteiger partial charge in [0.1, 0.15) is 6.54 Å². The van der Waals surface area contributed by atoms with Gasteiger partial charge in [-0.1, -0.05) is 42.5 Å². The van der Waals surface area contributed by atoms with E-state index in [0.29, 0.717) is 22.8 Å². The van der Waals surface area contributed by atoms with Gasteiger partial charge in [0.05, 0.1) is 10.2 Å². The third kappa shape index (κ3) is 6.22. The van der Waals surface area contributed by atoms with E-state index in [0.717, 1.165) is 15.8 Å². The molecule has 8 nitrogen and oxygen atoms in total. The zero-order valence-electron chi connectivity index (χ0n) is 17.5. The fourth-order valence-corrected chi connectivity index (χ4v) is 3.80. The molecule has 4 aromatic rings. The Bertz CT molecular complexity index is 1240. The van der Waals surface area contributed by atoms with Crippen LogP contribution in [0, 0.1) is 0 Å². The number of fused-ring (bicyclic) bond motifs is 1. The van der Waals surface area contributed by atoms with Crippen molar-refractivity contribution in [2.24, 2.45) is 11.5 Å². The summed E-state index contributed by atoms with van der Waals surface area (Å²) in [5.41, 5.74) is 13.3. The zero-order chi connectivity index (χ0) is 23.8. The van der Waals surface area contributed by atoms with Gasteiger partial charge in [-0.2, -0.15) is 0 Å². The number of aromatic nitrogens is 1. The summed E-state index contributed by atoms with van der Waals surface area (Å²) in [6.45, 7) is -0.0734. The number of benzene rings is 3. The van der Waals surface area contributed by atoms with Crippen LogP contribution in [0.5, 0.6) is 0 Å². The number of anilines is 1. The van der Waals surface area contributed by atoms with E-state index in [1.54, 1.807) is 48.5 Å². The van der Waals surface area contributed by atoms with Crippen LogP contribution in [0.4, 0.5) is 5.69 Å². The van der Waals surface area contributed by atoms with Crippen molar-refractivity contribution in [3.63, 3.8) is 0 Å². The average molecular weight is 463 g/mol. The number of amides is 2. The Morgan fingerprint density at radius 2 is 1.64 bits per heavy atom. The van der Waals surface area contributed by atoms with E-state index in [2.05, 4.69) is 4.98 Å². The Morgan fingerprint density at radius 3 is 2.27 bits per heavy atom. The highest BCUT2D eigenvalue weighted by Crippen LogP contribution is 2.21. The van der Waals surface area contributed by atoms with Crippen LogP contribution in [-0.4, -0.2) is 34.4 Å². The van der Waals surface area contributed by atoms with Crippen LogP contribution in [-0.2, 0) is 11.3 Å². The van der Waals surface area contributed by atoms with Crippen LogP contribution in [0.2, 0.25) is 0 Å². The highest BCUT2D eigenvalue weighted by Gasteiger charge is 2.20. The number of rotatable bonds is 6. The van der Waals surface area contributed by atoms with Crippen LogP contribution in [0.1, 0.15) is 25.7 Å². The number of hydrogen-bond donors (Lipinski definition) is 3. The first-order valence-electron chi connectivity index (χ1n) is 9.92. The number of carbonyl (C=O) groups is 3. The first-order valence-corrected chi connectivity index (χ1v) is 10.7. The number of hydrogen-bond acceptors (Lipinski definition) is 6. The predicted molar refractivity (Wildman–Crippen MR) is 128 cm³/mol. The molecular weight excluding hydrogens is 440 g/mol. The standard InChI is InChI=1S/C16H16N2O3.C8H6N2OS/c17-10-12-5-4-8-14(9-12)18(11-15(19)20)16(21)13-6-2-1-3-7-13;9-7(11)8-10-5-3-1-2-4-6(5)12-8/h1-9H,10-11,17H2,(H,19,20);1-4H,(H2,9,11). The van der Waals surface area contributed by atoms with Gasteiger partial charge >= 0.3 is 5.97 Å². The monoisotopic (exact) mass is 462 g/mol. The summed E-state index contributed by atoms with van der Waals surface area (Å²) >= 11 is 1.32. The van der Waals surface area contributed by atoms with E-state index in [4.69, 9.17) is 16.6 Å². The molecule has 0 atom stereocenters. The maximum Gasteiger partial charge on any atom is 0.323 e. The second kappa shape index (κ2) is 11.0. The Kier molecular flexibility index (Phi) is 7.85. The third-order valence-electron chi connectivity index (χ3n) is 4.52. The van der Waals surface area contributed by atoms with Gasteiger partial charge in [0, 0.05) is 17.8 Å². The molecule has 3 aromatic carbocycles. The second-order valence-corrected chi connectivity index (χ2v) is 7.91. The molecule has 0 spiro atoms. The van der Waals surface area contributed by atoms with E-state index >= 15 is 0 Å². The topological polar surface area (TPSA) is 140 Å². The van der Waals surface area contributed by atoms with Gasteiger partial charge in [-0.25, -0.2) is 4.98 Å². The lowest BCUT2D eigenvalue weighted by atomic mass is 10.1. The van der Waals surface area contributed by atoms with Gasteiger partial charge in [0.15, 0.2) is 5.01 Å². The highest BCUT2D eigenvalue weighted by atomic mass is 32.1. The fraction of sp³-hybridized carbons (Fsp3) is 0.0833. The number of para-hydroxylation sites is 1. The molecule has 0 saturated carbocycles. The lowest BCUT2D eigenvalue weighted by molar-refractivity contribution is -0.135. The molecule has 0 aliphatic rings. The number of thiazole rings is 1. The second-order valence-electron chi connectivity index (χ2n) is 6.88. The van der Waals surface area contributed by atoms with Gasteiger partial charge in [0.25, 0.3) is 11.8 Å². The molecule has 0 radical (unpaired) electrons. The zero-order valence-corrected chi connectivity index (χ0v) is 18.4. The SMILES string of the molecule is NC(=O)c1nc2ccccc2s1.NCc1cccc(N(CC(=O)O)C(=O)c2ccccc2)c1. The third-order valence-corrected chi connectivity index (χ3v) is 5.57. The summed E-state index contributed by atoms with van der Waals surface area (Å²) in [5, 5.41) is 9.42. The van der Waals surface area contributed by atoms with Crippen molar-refractivity contribution in [2.75, 3.05) is 11.4 Å². The summed E-state index contributed by atoms with van der Waals surface area (Å²) in [4.78, 5) is 39.6. The molecule has 0 saturated heterocycles. The molecule has 0 aliphatic heterocycles. The molecule has 0 bridgehead atoms. The molecule has 2 amide bonds. The number of nitrogens with zero attached hydrogens (tertiary/aromatic N) is 2. The molecule has 0 aliphatic carbocycles. The van der Waals surface area contributed by atoms with E-state index in [1.807, 2.05) is 30.3 Å². The minimum absolute atomic E-state index is 0.328. The van der Waals surface area contributed by atoms with Gasteiger partial charge in [-0.15, -0.1) is 11.3 Å². The quantitative estimate of drug-likeness (QED) is 0.402. The maximum atomic E-state index is 12.5. The predicted octanol–water partition coefficient (Wildman–Crippen LogP) is 3.27. The van der Waals surface area contributed by atoms with Gasteiger partial charge in [-0.05, 0) is 42.0 Å². The first-order chi connectivity index (χ1) is 15.9. The summed E-state index contributed by atoms with van der Waals surface area (Å²) in [7, 11) is 0. The molecule has 1 heterocycles. The summed E-state index contributed by atoms with van der Waals surface area (Å²) in [6, 6.07) is 23.2. The average Bonchev–Trinajstić information content (AvgIpc) is 3.28. The molecule has 4 rings (SSSR count). The lowest BCUT2D eigenvalue weighted by Gasteiger charge is -2.21. The normalized spacial score (nSPS) is 10.2. The van der Waals surface area contributed by atoms with Crippen molar-refractivity contribution < 1.29 is 19.5 Å². The number of carboxylic acid groups (broad SMARTS) is 1. The van der Waals surface area contributed by atoms with Gasteiger partial charge in [0.2, 0.25) is 0 Å². The molecule has 33 heavy (non-hydrogen) atoms. The number of primary amides is 1. The van der Waals surface area contributed by atoms with Crippen LogP contribution in [0.3, 0.4) is 0 Å². The molecular formula is C24H22N4O4S. The van der Waals surface area contributed by atoms with Crippen molar-refractivity contribution >= 4 is 45.0 Å². The van der Waals surface area contributed by atoms with E-state index in [1.165, 1.54) is 16.2 Å². The van der Waals surface area contributed by atoms with Crippen LogP contribution >= 0.6 is 11.3 Å². The van der Waals surface area contributed by atoms with Crippen molar-refractivity contribution in [3.05, 3.63) is 95.0 Å². The smallest absolute Gasteiger partial charge is 0.323 e. The summed E-state index contributed by atoms with van der Waals surface area (Å²) in [5.74, 6) is -1.89. The first kappa shape index (κ1) is 23.6. The minimum Gasteiger partial charge on any atom is -0.480 e. The van der Waals surface area contributed by atoms with Crippen LogP contribution < -0.4 is 16.4 Å². The fourth-order valence-electron chi connectivity index (χ4n) is 2.98. The number of carboxylic acids is 1. The van der Waals surface area contributed by atoms with Crippen molar-refractivity contribution in [3.8, 4) is 0 Å². The Balaban J connectivity index is 0.000000215. The summed E-state index contributed by atoms with van der Waals surface area (Å²) < 4.78 is 0.992. The molecule has 0 fully saturated rings. The molecule has 168 valence electrons. The highest BCUT2D eigenvalue weighted by molar-refractivity contribution is 7.20. The Morgan fingerprint density at radius 1 is 0.939 bits per heavy atom. The number of aliphatic carboxylic acids is 1. The lowest BCUT2D eigenvalue weighted by Crippen LogP contribution is -2.35. The number of nitrogens with two attached hydrogens (primary N) is 2. The Hall–Kier alpha value is -4.08. The maximum absolute atomic E-state index is 12.5. The van der Waals surface area contributed by atoms with Crippen molar-refractivity contribution in [1.29, 1.82) is 0 Å². The van der Waals surface area contributed by atoms with Gasteiger partial charge < -0.3 is 16.6 Å².